The van der Waals surface area contributed by atoms with Crippen LogP contribution in [-0.2, 0) is 11.3 Å². The molecule has 1 N–H and O–H groups in total. The molecule has 0 saturated carbocycles. The number of piperidine rings is 2. The van der Waals surface area contributed by atoms with E-state index in [1.165, 1.54) is 6.92 Å². The normalized spacial score (nSPS) is 23.9. The van der Waals surface area contributed by atoms with Gasteiger partial charge in [0.05, 0.1) is 6.10 Å². The van der Waals surface area contributed by atoms with Gasteiger partial charge >= 0.3 is 0 Å². The lowest BCUT2D eigenvalue weighted by Gasteiger charge is -2.49. The Morgan fingerprint density at radius 1 is 1.28 bits per heavy atom. The molecule has 3 rings (SSSR count). The number of β-amino-alcohol motifs (C(OH)–C–C–N with tert-alkyl or cyclic N) is 1. The van der Waals surface area contributed by atoms with E-state index in [9.17, 15) is 18.7 Å². The van der Waals surface area contributed by atoms with Gasteiger partial charge in [-0.2, -0.15) is 0 Å². The van der Waals surface area contributed by atoms with Crippen molar-refractivity contribution in [2.45, 2.75) is 45.8 Å². The maximum atomic E-state index is 14.1. The Kier molecular flexibility index (Phi) is 5.11. The summed E-state index contributed by atoms with van der Waals surface area (Å²) in [6, 6.07) is 3.27. The van der Waals surface area contributed by atoms with Gasteiger partial charge in [-0.1, -0.05) is 12.1 Å². The lowest BCUT2D eigenvalue weighted by molar-refractivity contribution is -0.138. The number of aryl methyl sites for hydroxylation is 1. The highest BCUT2D eigenvalue weighted by molar-refractivity contribution is 5.73. The lowest BCUT2D eigenvalue weighted by atomic mass is 9.71. The molecule has 138 valence electrons. The third-order valence-electron chi connectivity index (χ3n) is 5.74. The standard InChI is InChI=1S/C19H26F2N2O2/c1-13-3-4-15(18(21)17(13)20)10-22-7-5-19(6-8-22)9-16(25)11-23(12-19)14(2)24/h3-4,16,25H,5-12H2,1-2H3. The fourth-order valence-electron chi connectivity index (χ4n) is 4.19. The molecule has 0 aromatic heterocycles. The van der Waals surface area contributed by atoms with Crippen LogP contribution in [0.15, 0.2) is 12.1 Å². The van der Waals surface area contributed by atoms with E-state index in [1.54, 1.807) is 24.0 Å². The first-order valence-electron chi connectivity index (χ1n) is 8.89. The molecule has 4 nitrogen and oxygen atoms in total. The first kappa shape index (κ1) is 18.3. The molecule has 1 atom stereocenters. The summed E-state index contributed by atoms with van der Waals surface area (Å²) >= 11 is 0. The summed E-state index contributed by atoms with van der Waals surface area (Å²) < 4.78 is 27.8. The number of hydrogen-bond acceptors (Lipinski definition) is 3. The van der Waals surface area contributed by atoms with Gasteiger partial charge in [0.25, 0.3) is 0 Å². The molecule has 0 aliphatic carbocycles. The molecule has 2 saturated heterocycles. The predicted molar refractivity (Wildman–Crippen MR) is 90.9 cm³/mol. The second-order valence-electron chi connectivity index (χ2n) is 7.70. The van der Waals surface area contributed by atoms with Gasteiger partial charge in [-0.25, -0.2) is 8.78 Å². The second-order valence-corrected chi connectivity index (χ2v) is 7.70. The molecule has 1 spiro atoms. The maximum Gasteiger partial charge on any atom is 0.219 e. The van der Waals surface area contributed by atoms with Crippen LogP contribution in [0.4, 0.5) is 8.78 Å². The number of carbonyl (C=O) groups is 1. The number of nitrogens with zero attached hydrogens (tertiary/aromatic N) is 2. The quantitative estimate of drug-likeness (QED) is 0.889. The number of rotatable bonds is 2. The van der Waals surface area contributed by atoms with Crippen molar-refractivity contribution in [2.75, 3.05) is 26.2 Å². The van der Waals surface area contributed by atoms with E-state index in [0.717, 1.165) is 25.9 Å². The Labute approximate surface area is 147 Å². The van der Waals surface area contributed by atoms with Crippen molar-refractivity contribution >= 4 is 5.91 Å². The van der Waals surface area contributed by atoms with Crippen LogP contribution in [0, 0.1) is 24.0 Å². The molecule has 0 radical (unpaired) electrons. The summed E-state index contributed by atoms with van der Waals surface area (Å²) in [7, 11) is 0. The minimum Gasteiger partial charge on any atom is -0.391 e. The number of carbonyl (C=O) groups excluding carboxylic acids is 1. The highest BCUT2D eigenvalue weighted by Crippen LogP contribution is 2.40. The second kappa shape index (κ2) is 7.00. The van der Waals surface area contributed by atoms with Gasteiger partial charge in [0.1, 0.15) is 0 Å². The van der Waals surface area contributed by atoms with Crippen LogP contribution < -0.4 is 0 Å². The summed E-state index contributed by atoms with van der Waals surface area (Å²) in [4.78, 5) is 15.6. The van der Waals surface area contributed by atoms with Gasteiger partial charge in [0.2, 0.25) is 5.91 Å². The minimum absolute atomic E-state index is 0.00208. The smallest absolute Gasteiger partial charge is 0.219 e. The molecule has 0 bridgehead atoms. The van der Waals surface area contributed by atoms with Crippen molar-refractivity contribution in [2.24, 2.45) is 5.41 Å². The topological polar surface area (TPSA) is 43.8 Å². The molecule has 1 unspecified atom stereocenters. The summed E-state index contributed by atoms with van der Waals surface area (Å²) in [5.41, 5.74) is 0.643. The molecule has 2 fully saturated rings. The largest absolute Gasteiger partial charge is 0.391 e. The van der Waals surface area contributed by atoms with E-state index in [-0.39, 0.29) is 11.3 Å². The van der Waals surface area contributed by atoms with Crippen LogP contribution in [-0.4, -0.2) is 53.1 Å². The summed E-state index contributed by atoms with van der Waals surface area (Å²) in [5.74, 6) is -1.52. The van der Waals surface area contributed by atoms with Crippen molar-refractivity contribution in [1.29, 1.82) is 0 Å². The zero-order valence-electron chi connectivity index (χ0n) is 14.9. The lowest BCUT2D eigenvalue weighted by Crippen LogP contribution is -2.54. The van der Waals surface area contributed by atoms with Crippen LogP contribution in [0.1, 0.15) is 37.3 Å². The number of aliphatic hydroxyl groups excluding tert-OH is 1. The van der Waals surface area contributed by atoms with Gasteiger partial charge < -0.3 is 10.0 Å². The van der Waals surface area contributed by atoms with Crippen molar-refractivity contribution in [3.63, 3.8) is 0 Å². The Morgan fingerprint density at radius 2 is 1.96 bits per heavy atom. The maximum absolute atomic E-state index is 14.1. The molecule has 1 aromatic carbocycles. The molecule has 1 amide bonds. The van der Waals surface area contributed by atoms with Crippen LogP contribution >= 0.6 is 0 Å². The van der Waals surface area contributed by atoms with Gasteiger partial charge in [-0.3, -0.25) is 9.69 Å². The number of halogens is 2. The fraction of sp³-hybridized carbons (Fsp3) is 0.632. The molecule has 6 heteroatoms. The SMILES string of the molecule is CC(=O)N1CC(O)CC2(CCN(Cc3ccc(C)c(F)c3F)CC2)C1. The van der Waals surface area contributed by atoms with E-state index in [0.29, 0.717) is 37.2 Å². The Bertz CT molecular complexity index is 657. The van der Waals surface area contributed by atoms with Crippen molar-refractivity contribution < 1.29 is 18.7 Å². The first-order valence-corrected chi connectivity index (χ1v) is 8.89. The van der Waals surface area contributed by atoms with Gasteiger partial charge in [0, 0.05) is 32.1 Å². The number of benzene rings is 1. The van der Waals surface area contributed by atoms with Crippen LogP contribution in [0.2, 0.25) is 0 Å². The van der Waals surface area contributed by atoms with Gasteiger partial charge in [-0.05, 0) is 50.3 Å². The zero-order valence-corrected chi connectivity index (χ0v) is 14.9. The molecule has 25 heavy (non-hydrogen) atoms. The average molecular weight is 352 g/mol. The monoisotopic (exact) mass is 352 g/mol. The predicted octanol–water partition coefficient (Wildman–Crippen LogP) is 2.47. The number of aliphatic hydroxyl groups is 1. The fourth-order valence-corrected chi connectivity index (χ4v) is 4.19. The van der Waals surface area contributed by atoms with Crippen LogP contribution in [0.5, 0.6) is 0 Å². The van der Waals surface area contributed by atoms with Crippen molar-refractivity contribution in [1.82, 2.24) is 9.80 Å². The molecule has 2 aliphatic heterocycles. The van der Waals surface area contributed by atoms with E-state index in [2.05, 4.69) is 4.90 Å². The van der Waals surface area contributed by atoms with E-state index >= 15 is 0 Å². The summed E-state index contributed by atoms with van der Waals surface area (Å²) in [6.45, 7) is 6.09. The van der Waals surface area contributed by atoms with E-state index in [1.807, 2.05) is 0 Å². The number of likely N-dealkylation sites (tertiary alicyclic amines) is 2. The van der Waals surface area contributed by atoms with E-state index < -0.39 is 17.7 Å². The molecule has 1 aromatic rings. The van der Waals surface area contributed by atoms with Gasteiger partial charge in [-0.15, -0.1) is 0 Å². The highest BCUT2D eigenvalue weighted by Gasteiger charge is 2.42. The third-order valence-corrected chi connectivity index (χ3v) is 5.74. The number of amides is 1. The van der Waals surface area contributed by atoms with Crippen molar-refractivity contribution in [3.8, 4) is 0 Å². The van der Waals surface area contributed by atoms with E-state index in [4.69, 9.17) is 0 Å². The highest BCUT2D eigenvalue weighted by atomic mass is 19.2. The molecule has 2 heterocycles. The van der Waals surface area contributed by atoms with Crippen molar-refractivity contribution in [3.05, 3.63) is 34.9 Å². The Morgan fingerprint density at radius 3 is 2.60 bits per heavy atom. The number of hydrogen-bond donors (Lipinski definition) is 1. The minimum atomic E-state index is -0.765. The van der Waals surface area contributed by atoms with Crippen LogP contribution in [0.25, 0.3) is 0 Å². The third kappa shape index (κ3) is 3.85. The Hall–Kier alpha value is -1.53. The molecular formula is C19H26F2N2O2. The summed E-state index contributed by atoms with van der Waals surface area (Å²) in [6.07, 6.45) is 1.93. The Balaban J connectivity index is 1.64. The molecule has 2 aliphatic rings. The zero-order chi connectivity index (χ0) is 18.2. The van der Waals surface area contributed by atoms with Gasteiger partial charge in [0.15, 0.2) is 11.6 Å². The average Bonchev–Trinajstić information content (AvgIpc) is 2.57. The first-order chi connectivity index (χ1) is 11.8. The molecular weight excluding hydrogens is 326 g/mol. The summed E-state index contributed by atoms with van der Waals surface area (Å²) in [5, 5.41) is 10.1. The van der Waals surface area contributed by atoms with Crippen LogP contribution in [0.3, 0.4) is 0 Å².